The van der Waals surface area contributed by atoms with Crippen molar-refractivity contribution < 1.29 is 18.7 Å². The predicted octanol–water partition coefficient (Wildman–Crippen LogP) is 2.60. The molecule has 0 spiro atoms. The van der Waals surface area contributed by atoms with Gasteiger partial charge in [-0.05, 0) is 29.8 Å². The number of hydrogen-bond donors (Lipinski definition) is 1. The highest BCUT2D eigenvalue weighted by Crippen LogP contribution is 2.24. The van der Waals surface area contributed by atoms with Gasteiger partial charge >= 0.3 is 0 Å². The number of methoxy groups -OCH3 is 1. The lowest BCUT2D eigenvalue weighted by Crippen LogP contribution is -2.44. The fourth-order valence-electron chi connectivity index (χ4n) is 3.69. The molecule has 1 amide bonds. The molecule has 7 heteroatoms. The predicted molar refractivity (Wildman–Crippen MR) is 113 cm³/mol. The Morgan fingerprint density at radius 1 is 1.13 bits per heavy atom. The van der Waals surface area contributed by atoms with Crippen LogP contribution >= 0.6 is 0 Å². The molecule has 2 heterocycles. The van der Waals surface area contributed by atoms with E-state index < -0.39 is 5.91 Å². The molecule has 1 atom stereocenters. The minimum atomic E-state index is -0.443. The van der Waals surface area contributed by atoms with Crippen LogP contribution in [0.3, 0.4) is 0 Å². The molecule has 0 radical (unpaired) electrons. The topological polar surface area (TPSA) is 81.0 Å². The number of benzene rings is 2. The Bertz CT molecular complexity index is 1070. The number of carbonyl (C=O) groups is 1. The van der Waals surface area contributed by atoms with Crippen LogP contribution in [-0.4, -0.2) is 50.8 Å². The Kier molecular flexibility index (Phi) is 6.11. The summed E-state index contributed by atoms with van der Waals surface area (Å²) in [5.41, 5.74) is 1.19. The molecule has 0 saturated carbocycles. The van der Waals surface area contributed by atoms with Crippen LogP contribution in [0.4, 0.5) is 0 Å². The van der Waals surface area contributed by atoms with Crippen molar-refractivity contribution in [3.8, 4) is 5.75 Å². The van der Waals surface area contributed by atoms with Crippen LogP contribution in [0.25, 0.3) is 11.0 Å². The number of fused-ring (bicyclic) bond motifs is 1. The second kappa shape index (κ2) is 9.11. The van der Waals surface area contributed by atoms with Crippen molar-refractivity contribution in [1.29, 1.82) is 0 Å². The van der Waals surface area contributed by atoms with Gasteiger partial charge < -0.3 is 19.2 Å². The molecule has 1 N–H and O–H groups in total. The highest BCUT2D eigenvalue weighted by atomic mass is 16.5. The number of morpholine rings is 1. The van der Waals surface area contributed by atoms with E-state index in [0.717, 1.165) is 24.4 Å². The summed E-state index contributed by atoms with van der Waals surface area (Å²) < 4.78 is 16.2. The highest BCUT2D eigenvalue weighted by Gasteiger charge is 2.24. The number of ether oxygens (including phenoxy) is 2. The molecular weight excluding hydrogens is 384 g/mol. The van der Waals surface area contributed by atoms with Crippen molar-refractivity contribution in [2.75, 3.05) is 40.0 Å². The van der Waals surface area contributed by atoms with E-state index in [1.54, 1.807) is 31.4 Å². The first-order valence-corrected chi connectivity index (χ1v) is 9.92. The summed E-state index contributed by atoms with van der Waals surface area (Å²) in [5, 5.41) is 3.31. The van der Waals surface area contributed by atoms with Gasteiger partial charge in [-0.3, -0.25) is 14.5 Å². The molecular formula is C23H24N2O5. The number of carbonyl (C=O) groups excluding carboxylic acids is 1. The van der Waals surface area contributed by atoms with E-state index in [4.69, 9.17) is 13.9 Å². The SMILES string of the molecule is COc1ccc([C@@H](CNC(=O)c2coc3ccccc3c2=O)N2CCOCC2)cc1. The monoisotopic (exact) mass is 408 g/mol. The molecule has 2 aromatic carbocycles. The van der Waals surface area contributed by atoms with Gasteiger partial charge in [0.05, 0.1) is 31.8 Å². The zero-order chi connectivity index (χ0) is 20.9. The van der Waals surface area contributed by atoms with E-state index in [9.17, 15) is 9.59 Å². The van der Waals surface area contributed by atoms with Crippen LogP contribution < -0.4 is 15.5 Å². The molecule has 30 heavy (non-hydrogen) atoms. The fraction of sp³-hybridized carbons (Fsp3) is 0.304. The van der Waals surface area contributed by atoms with Gasteiger partial charge in [0.2, 0.25) is 5.43 Å². The summed E-state index contributed by atoms with van der Waals surface area (Å²) in [5.74, 6) is 0.332. The lowest BCUT2D eigenvalue weighted by Gasteiger charge is -2.35. The van der Waals surface area contributed by atoms with Gasteiger partial charge in [0, 0.05) is 19.6 Å². The second-order valence-electron chi connectivity index (χ2n) is 7.12. The molecule has 0 unspecified atom stereocenters. The van der Waals surface area contributed by atoms with Crippen molar-refractivity contribution >= 4 is 16.9 Å². The molecule has 0 bridgehead atoms. The van der Waals surface area contributed by atoms with Gasteiger partial charge in [-0.25, -0.2) is 0 Å². The molecule has 7 nitrogen and oxygen atoms in total. The molecule has 4 rings (SSSR count). The third-order valence-electron chi connectivity index (χ3n) is 5.37. The number of para-hydroxylation sites is 1. The van der Waals surface area contributed by atoms with Crippen LogP contribution in [0, 0.1) is 0 Å². The lowest BCUT2D eigenvalue weighted by molar-refractivity contribution is 0.0162. The first kappa shape index (κ1) is 20.1. The second-order valence-corrected chi connectivity index (χ2v) is 7.12. The van der Waals surface area contributed by atoms with E-state index in [1.165, 1.54) is 6.26 Å². The maximum Gasteiger partial charge on any atom is 0.258 e. The summed E-state index contributed by atoms with van der Waals surface area (Å²) in [6.07, 6.45) is 1.23. The maximum absolute atomic E-state index is 12.8. The number of nitrogens with one attached hydrogen (secondary N) is 1. The van der Waals surface area contributed by atoms with Crippen LogP contribution in [0.15, 0.2) is 64.0 Å². The molecule has 1 aromatic heterocycles. The van der Waals surface area contributed by atoms with E-state index in [-0.39, 0.29) is 17.0 Å². The van der Waals surface area contributed by atoms with Gasteiger partial charge in [-0.1, -0.05) is 24.3 Å². The number of amides is 1. The zero-order valence-corrected chi connectivity index (χ0v) is 16.8. The summed E-state index contributed by atoms with van der Waals surface area (Å²) >= 11 is 0. The minimum absolute atomic E-state index is 0.00385. The molecule has 1 aliphatic heterocycles. The zero-order valence-electron chi connectivity index (χ0n) is 16.8. The van der Waals surface area contributed by atoms with Crippen molar-refractivity contribution in [3.63, 3.8) is 0 Å². The normalized spacial score (nSPS) is 15.6. The smallest absolute Gasteiger partial charge is 0.258 e. The van der Waals surface area contributed by atoms with Crippen molar-refractivity contribution in [2.24, 2.45) is 0 Å². The maximum atomic E-state index is 12.8. The van der Waals surface area contributed by atoms with Gasteiger partial charge in [0.15, 0.2) is 0 Å². The molecule has 3 aromatic rings. The van der Waals surface area contributed by atoms with Crippen molar-refractivity contribution in [1.82, 2.24) is 10.2 Å². The van der Waals surface area contributed by atoms with Gasteiger partial charge in [0.1, 0.15) is 23.2 Å². The minimum Gasteiger partial charge on any atom is -0.497 e. The van der Waals surface area contributed by atoms with E-state index in [0.29, 0.717) is 30.7 Å². The fourth-order valence-corrected chi connectivity index (χ4v) is 3.69. The highest BCUT2D eigenvalue weighted by molar-refractivity contribution is 5.96. The van der Waals surface area contributed by atoms with Gasteiger partial charge in [-0.2, -0.15) is 0 Å². The number of hydrogen-bond acceptors (Lipinski definition) is 6. The van der Waals surface area contributed by atoms with E-state index >= 15 is 0 Å². The lowest BCUT2D eigenvalue weighted by atomic mass is 10.0. The van der Waals surface area contributed by atoms with E-state index in [1.807, 2.05) is 24.3 Å². The Hall–Kier alpha value is -3.16. The summed E-state index contributed by atoms with van der Waals surface area (Å²) in [4.78, 5) is 27.8. The standard InChI is InChI=1S/C23H24N2O5/c1-28-17-8-6-16(7-9-17)20(25-10-12-29-13-11-25)14-24-23(27)19-15-30-21-5-3-2-4-18(21)22(19)26/h2-9,15,20H,10-14H2,1H3,(H,24,27)/t20-/m1/s1. The number of nitrogens with zero attached hydrogens (tertiary/aromatic N) is 1. The molecule has 156 valence electrons. The first-order chi connectivity index (χ1) is 14.7. The molecule has 1 aliphatic rings. The summed E-state index contributed by atoms with van der Waals surface area (Å²) in [7, 11) is 1.63. The first-order valence-electron chi connectivity index (χ1n) is 9.92. The quantitative estimate of drug-likeness (QED) is 0.675. The van der Waals surface area contributed by atoms with Crippen LogP contribution in [-0.2, 0) is 4.74 Å². The van der Waals surface area contributed by atoms with Crippen LogP contribution in [0.5, 0.6) is 5.75 Å². The van der Waals surface area contributed by atoms with Crippen LogP contribution in [0.1, 0.15) is 22.0 Å². The van der Waals surface area contributed by atoms with Crippen LogP contribution in [0.2, 0.25) is 0 Å². The Morgan fingerprint density at radius 3 is 2.60 bits per heavy atom. The largest absolute Gasteiger partial charge is 0.497 e. The average molecular weight is 408 g/mol. The third kappa shape index (κ3) is 4.22. The van der Waals surface area contributed by atoms with E-state index in [2.05, 4.69) is 10.2 Å². The molecule has 1 saturated heterocycles. The Morgan fingerprint density at radius 2 is 1.87 bits per heavy atom. The molecule has 1 fully saturated rings. The Balaban J connectivity index is 1.55. The third-order valence-corrected chi connectivity index (χ3v) is 5.37. The van der Waals surface area contributed by atoms with Crippen molar-refractivity contribution in [3.05, 3.63) is 76.1 Å². The van der Waals surface area contributed by atoms with Gasteiger partial charge in [-0.15, -0.1) is 0 Å². The Labute approximate surface area is 174 Å². The molecule has 0 aliphatic carbocycles. The average Bonchev–Trinajstić information content (AvgIpc) is 2.80. The number of rotatable bonds is 6. The van der Waals surface area contributed by atoms with Crippen molar-refractivity contribution in [2.45, 2.75) is 6.04 Å². The van der Waals surface area contributed by atoms with Gasteiger partial charge in [0.25, 0.3) is 5.91 Å². The summed E-state index contributed by atoms with van der Waals surface area (Å²) in [6, 6.07) is 14.7. The summed E-state index contributed by atoms with van der Waals surface area (Å²) in [6.45, 7) is 3.19.